The van der Waals surface area contributed by atoms with Gasteiger partial charge in [-0.2, -0.15) is 5.10 Å². The van der Waals surface area contributed by atoms with Crippen LogP contribution in [0.3, 0.4) is 0 Å². The molecule has 0 atom stereocenters. The number of aromatic nitrogens is 3. The summed E-state index contributed by atoms with van der Waals surface area (Å²) in [6.07, 6.45) is 3.53. The first-order chi connectivity index (χ1) is 14.1. The van der Waals surface area contributed by atoms with Gasteiger partial charge < -0.3 is 10.3 Å². The first kappa shape index (κ1) is 18.4. The van der Waals surface area contributed by atoms with Gasteiger partial charge in [0, 0.05) is 67.0 Å². The lowest BCUT2D eigenvalue weighted by Crippen LogP contribution is -2.32. The molecule has 6 heteroatoms. The monoisotopic (exact) mass is 391 g/mol. The third kappa shape index (κ3) is 3.46. The van der Waals surface area contributed by atoms with Crippen LogP contribution in [0.1, 0.15) is 52.8 Å². The van der Waals surface area contributed by atoms with E-state index in [1.807, 2.05) is 6.92 Å². The highest BCUT2D eigenvalue weighted by molar-refractivity contribution is 5.94. The SMILES string of the molecule is CCNC(=O)c1nn(CC2CC2)c2c1CN(Cc1c(C)[nH]c3ccccc13)CC2. The molecule has 3 heterocycles. The van der Waals surface area contributed by atoms with E-state index in [1.165, 1.54) is 40.7 Å². The normalized spacial score (nSPS) is 16.9. The van der Waals surface area contributed by atoms with E-state index in [0.29, 0.717) is 12.2 Å². The number of nitrogens with zero attached hydrogens (tertiary/aromatic N) is 3. The number of aryl methyl sites for hydroxylation is 1. The van der Waals surface area contributed by atoms with E-state index < -0.39 is 0 Å². The number of benzene rings is 1. The smallest absolute Gasteiger partial charge is 0.272 e. The molecule has 1 aromatic carbocycles. The summed E-state index contributed by atoms with van der Waals surface area (Å²) in [6.45, 7) is 8.36. The van der Waals surface area contributed by atoms with Gasteiger partial charge in [-0.1, -0.05) is 18.2 Å². The van der Waals surface area contributed by atoms with Gasteiger partial charge in [-0.3, -0.25) is 14.4 Å². The maximum Gasteiger partial charge on any atom is 0.272 e. The van der Waals surface area contributed by atoms with Crippen LogP contribution in [0.5, 0.6) is 0 Å². The molecule has 6 nitrogen and oxygen atoms in total. The molecule has 0 unspecified atom stereocenters. The molecule has 5 rings (SSSR count). The Morgan fingerprint density at radius 3 is 2.93 bits per heavy atom. The lowest BCUT2D eigenvalue weighted by molar-refractivity contribution is 0.0947. The summed E-state index contributed by atoms with van der Waals surface area (Å²) in [7, 11) is 0. The average molecular weight is 392 g/mol. The highest BCUT2D eigenvalue weighted by atomic mass is 16.1. The van der Waals surface area contributed by atoms with Crippen molar-refractivity contribution in [3.8, 4) is 0 Å². The van der Waals surface area contributed by atoms with Gasteiger partial charge in [0.1, 0.15) is 0 Å². The maximum atomic E-state index is 12.7. The molecular weight excluding hydrogens is 362 g/mol. The van der Waals surface area contributed by atoms with Crippen molar-refractivity contribution < 1.29 is 4.79 Å². The first-order valence-corrected chi connectivity index (χ1v) is 10.8. The second-order valence-electron chi connectivity index (χ2n) is 8.49. The topological polar surface area (TPSA) is 66.0 Å². The van der Waals surface area contributed by atoms with Crippen molar-refractivity contribution in [3.05, 3.63) is 52.5 Å². The Labute approximate surface area is 171 Å². The van der Waals surface area contributed by atoms with Gasteiger partial charge in [0.15, 0.2) is 5.69 Å². The van der Waals surface area contributed by atoms with Gasteiger partial charge >= 0.3 is 0 Å². The third-order valence-electron chi connectivity index (χ3n) is 6.30. The predicted octanol–water partition coefficient (Wildman–Crippen LogP) is 3.39. The number of amides is 1. The van der Waals surface area contributed by atoms with E-state index in [2.05, 4.69) is 51.1 Å². The van der Waals surface area contributed by atoms with Gasteiger partial charge in [0.25, 0.3) is 5.91 Å². The summed E-state index contributed by atoms with van der Waals surface area (Å²) in [5.41, 5.74) is 6.80. The van der Waals surface area contributed by atoms with Gasteiger partial charge in [-0.15, -0.1) is 0 Å². The van der Waals surface area contributed by atoms with Crippen LogP contribution in [0.2, 0.25) is 0 Å². The summed E-state index contributed by atoms with van der Waals surface area (Å²) >= 11 is 0. The van der Waals surface area contributed by atoms with Crippen LogP contribution in [0, 0.1) is 12.8 Å². The Hall–Kier alpha value is -2.60. The Balaban J connectivity index is 1.44. The number of H-pyrrole nitrogens is 1. The molecule has 1 fully saturated rings. The number of carbonyl (C=O) groups is 1. The van der Waals surface area contributed by atoms with Crippen LogP contribution in [0.25, 0.3) is 10.9 Å². The number of hydrogen-bond donors (Lipinski definition) is 2. The highest BCUT2D eigenvalue weighted by Gasteiger charge is 2.31. The average Bonchev–Trinajstić information content (AvgIpc) is 3.39. The quantitative estimate of drug-likeness (QED) is 0.677. The standard InChI is InChI=1S/C23H29N5O/c1-3-24-23(29)22-19-14-27(11-10-21(19)28(26-22)12-16-8-9-16)13-18-15(2)25-20-7-5-4-6-17(18)20/h4-7,16,25H,3,8-14H2,1-2H3,(H,24,29). The van der Waals surface area contributed by atoms with Crippen LogP contribution >= 0.6 is 0 Å². The summed E-state index contributed by atoms with van der Waals surface area (Å²) < 4.78 is 2.13. The molecular formula is C23H29N5O. The molecule has 1 saturated carbocycles. The molecule has 0 radical (unpaired) electrons. The molecule has 0 saturated heterocycles. The van der Waals surface area contributed by atoms with Gasteiger partial charge in [-0.25, -0.2) is 0 Å². The van der Waals surface area contributed by atoms with E-state index in [1.54, 1.807) is 0 Å². The Morgan fingerprint density at radius 1 is 1.31 bits per heavy atom. The predicted molar refractivity (Wildman–Crippen MR) is 114 cm³/mol. The number of fused-ring (bicyclic) bond motifs is 2. The fourth-order valence-electron chi connectivity index (χ4n) is 4.57. The molecule has 1 aliphatic carbocycles. The molecule has 3 aromatic rings. The van der Waals surface area contributed by atoms with E-state index in [0.717, 1.165) is 44.1 Å². The fourth-order valence-corrected chi connectivity index (χ4v) is 4.57. The Bertz CT molecular complexity index is 1060. The minimum Gasteiger partial charge on any atom is -0.358 e. The zero-order chi connectivity index (χ0) is 20.0. The van der Waals surface area contributed by atoms with Crippen LogP contribution in [0.4, 0.5) is 0 Å². The number of para-hydroxylation sites is 1. The number of carbonyl (C=O) groups excluding carboxylic acids is 1. The van der Waals surface area contributed by atoms with Crippen LogP contribution in [-0.4, -0.2) is 38.7 Å². The van der Waals surface area contributed by atoms with Gasteiger partial charge in [0.2, 0.25) is 0 Å². The Morgan fingerprint density at radius 2 is 2.14 bits per heavy atom. The summed E-state index contributed by atoms with van der Waals surface area (Å²) in [6, 6.07) is 8.50. The molecule has 1 aliphatic heterocycles. The summed E-state index contributed by atoms with van der Waals surface area (Å²) in [4.78, 5) is 18.6. The van der Waals surface area contributed by atoms with E-state index >= 15 is 0 Å². The largest absolute Gasteiger partial charge is 0.358 e. The van der Waals surface area contributed by atoms with Gasteiger partial charge in [-0.05, 0) is 44.2 Å². The molecule has 2 N–H and O–H groups in total. The van der Waals surface area contributed by atoms with E-state index in [-0.39, 0.29) is 5.91 Å². The van der Waals surface area contributed by atoms with Crippen molar-refractivity contribution in [1.29, 1.82) is 0 Å². The summed E-state index contributed by atoms with van der Waals surface area (Å²) in [5.74, 6) is 0.705. The van der Waals surface area contributed by atoms with Crippen LogP contribution in [0.15, 0.2) is 24.3 Å². The van der Waals surface area contributed by atoms with Crippen molar-refractivity contribution >= 4 is 16.8 Å². The molecule has 0 spiro atoms. The van der Waals surface area contributed by atoms with Crippen LogP contribution < -0.4 is 5.32 Å². The third-order valence-corrected chi connectivity index (χ3v) is 6.30. The number of rotatable bonds is 6. The molecule has 152 valence electrons. The number of aromatic amines is 1. The number of hydrogen-bond acceptors (Lipinski definition) is 3. The van der Waals surface area contributed by atoms with Crippen LogP contribution in [-0.2, 0) is 26.1 Å². The minimum atomic E-state index is -0.0385. The lowest BCUT2D eigenvalue weighted by atomic mass is 10.0. The minimum absolute atomic E-state index is 0.0385. The molecule has 1 amide bonds. The van der Waals surface area contributed by atoms with E-state index in [9.17, 15) is 4.79 Å². The first-order valence-electron chi connectivity index (χ1n) is 10.8. The number of nitrogens with one attached hydrogen (secondary N) is 2. The maximum absolute atomic E-state index is 12.7. The van der Waals surface area contributed by atoms with Crippen molar-refractivity contribution in [1.82, 2.24) is 25.0 Å². The van der Waals surface area contributed by atoms with Crippen molar-refractivity contribution in [2.45, 2.75) is 52.7 Å². The fraction of sp³-hybridized carbons (Fsp3) is 0.478. The zero-order valence-corrected chi connectivity index (χ0v) is 17.3. The van der Waals surface area contributed by atoms with Gasteiger partial charge in [0.05, 0.1) is 0 Å². The second kappa shape index (κ2) is 7.34. The molecule has 29 heavy (non-hydrogen) atoms. The van der Waals surface area contributed by atoms with E-state index in [4.69, 9.17) is 5.10 Å². The highest BCUT2D eigenvalue weighted by Crippen LogP contribution is 2.33. The van der Waals surface area contributed by atoms with Crippen molar-refractivity contribution in [2.24, 2.45) is 5.92 Å². The van der Waals surface area contributed by atoms with Crippen molar-refractivity contribution in [2.75, 3.05) is 13.1 Å². The zero-order valence-electron chi connectivity index (χ0n) is 17.3. The summed E-state index contributed by atoms with van der Waals surface area (Å²) in [5, 5.41) is 9.01. The molecule has 2 aromatic heterocycles. The Kier molecular flexibility index (Phi) is 4.66. The second-order valence-corrected chi connectivity index (χ2v) is 8.49. The molecule has 0 bridgehead atoms. The molecule has 2 aliphatic rings. The van der Waals surface area contributed by atoms with Crippen molar-refractivity contribution in [3.63, 3.8) is 0 Å². The lowest BCUT2D eigenvalue weighted by Gasteiger charge is -2.28.